The first kappa shape index (κ1) is 25.6. The molecule has 0 amide bonds. The third-order valence-electron chi connectivity index (χ3n) is 6.43. The van der Waals surface area contributed by atoms with E-state index in [4.69, 9.17) is 14.7 Å². The molecule has 182 valence electrons. The number of ether oxygens (including phenoxy) is 2. The Morgan fingerprint density at radius 2 is 1.68 bits per heavy atom. The minimum absolute atomic E-state index is 0.0190. The highest BCUT2D eigenvalue weighted by Crippen LogP contribution is 2.34. The second-order valence-electron chi connectivity index (χ2n) is 8.94. The lowest BCUT2D eigenvalue weighted by atomic mass is 9.80. The van der Waals surface area contributed by atoms with Gasteiger partial charge in [0.05, 0.1) is 18.2 Å². The number of nitriles is 1. The Hall–Kier alpha value is -3.01. The van der Waals surface area contributed by atoms with Crippen LogP contribution in [0.2, 0.25) is 0 Å². The van der Waals surface area contributed by atoms with Gasteiger partial charge in [0.25, 0.3) is 0 Å². The van der Waals surface area contributed by atoms with E-state index in [1.54, 1.807) is 0 Å². The van der Waals surface area contributed by atoms with E-state index >= 15 is 0 Å². The number of unbranched alkanes of at least 4 members (excludes halogenated alkanes) is 3. The van der Waals surface area contributed by atoms with Crippen LogP contribution in [0.5, 0.6) is 11.5 Å². The van der Waals surface area contributed by atoms with Gasteiger partial charge in [0, 0.05) is 0 Å². The molecule has 3 rings (SSSR count). The van der Waals surface area contributed by atoms with Gasteiger partial charge in [0.1, 0.15) is 11.3 Å². The smallest absolute Gasteiger partial charge is 0.346 e. The van der Waals surface area contributed by atoms with Crippen molar-refractivity contribution in [1.29, 1.82) is 5.26 Å². The zero-order valence-corrected chi connectivity index (χ0v) is 19.4. The van der Waals surface area contributed by atoms with Gasteiger partial charge in [-0.15, -0.1) is 0 Å². The number of esters is 1. The molecule has 0 N–H and O–H groups in total. The standard InChI is InChI=1S/C27H30F3NO3/c1-2-3-4-5-6-18-7-9-20(10-8-18)17-33-26-23(28)15-22(24(29)25(26)30)27(32)34-21-13-11-19(16-31)12-14-21/h11-15,18,20H,2-10,17H2,1H3. The Balaban J connectivity index is 1.55. The van der Waals surface area contributed by atoms with Crippen LogP contribution in [0.25, 0.3) is 0 Å². The third kappa shape index (κ3) is 6.75. The molecule has 7 heteroatoms. The van der Waals surface area contributed by atoms with Crippen LogP contribution in [-0.4, -0.2) is 12.6 Å². The maximum Gasteiger partial charge on any atom is 0.346 e. The Kier molecular flexibility index (Phi) is 9.38. The van der Waals surface area contributed by atoms with Crippen molar-refractivity contribution in [3.8, 4) is 17.6 Å². The third-order valence-corrected chi connectivity index (χ3v) is 6.43. The van der Waals surface area contributed by atoms with E-state index in [2.05, 4.69) is 6.92 Å². The van der Waals surface area contributed by atoms with Gasteiger partial charge in [-0.05, 0) is 55.0 Å². The van der Waals surface area contributed by atoms with E-state index in [1.807, 2.05) is 6.07 Å². The predicted octanol–water partition coefficient (Wildman–Crippen LogP) is 7.35. The summed E-state index contributed by atoms with van der Waals surface area (Å²) in [6.45, 7) is 2.30. The number of hydrogen-bond donors (Lipinski definition) is 0. The first-order chi connectivity index (χ1) is 16.4. The van der Waals surface area contributed by atoms with Crippen molar-refractivity contribution in [2.24, 2.45) is 11.8 Å². The van der Waals surface area contributed by atoms with E-state index in [-0.39, 0.29) is 18.3 Å². The largest absolute Gasteiger partial charge is 0.487 e. The number of halogens is 3. The van der Waals surface area contributed by atoms with Crippen LogP contribution < -0.4 is 9.47 Å². The quantitative estimate of drug-likeness (QED) is 0.157. The lowest BCUT2D eigenvalue weighted by Gasteiger charge is -2.28. The monoisotopic (exact) mass is 473 g/mol. The minimum Gasteiger partial charge on any atom is -0.487 e. The van der Waals surface area contributed by atoms with E-state index < -0.39 is 34.7 Å². The van der Waals surface area contributed by atoms with Crippen LogP contribution in [0.4, 0.5) is 13.2 Å². The molecule has 0 bridgehead atoms. The van der Waals surface area contributed by atoms with Crippen molar-refractivity contribution < 1.29 is 27.4 Å². The molecule has 1 fully saturated rings. The molecule has 0 radical (unpaired) electrons. The first-order valence-electron chi connectivity index (χ1n) is 12.0. The van der Waals surface area contributed by atoms with E-state index in [9.17, 15) is 18.0 Å². The fourth-order valence-corrected chi connectivity index (χ4v) is 4.37. The Morgan fingerprint density at radius 1 is 1.00 bits per heavy atom. The normalized spacial score (nSPS) is 17.7. The number of carbonyl (C=O) groups is 1. The molecule has 1 aliphatic rings. The zero-order chi connectivity index (χ0) is 24.5. The van der Waals surface area contributed by atoms with E-state index in [0.29, 0.717) is 17.5 Å². The van der Waals surface area contributed by atoms with Gasteiger partial charge in [0.2, 0.25) is 5.82 Å². The topological polar surface area (TPSA) is 59.3 Å². The van der Waals surface area contributed by atoms with E-state index in [1.165, 1.54) is 56.4 Å². The second kappa shape index (κ2) is 12.5. The van der Waals surface area contributed by atoms with Crippen LogP contribution in [0.3, 0.4) is 0 Å². The lowest BCUT2D eigenvalue weighted by Crippen LogP contribution is -2.21. The lowest BCUT2D eigenvalue weighted by molar-refractivity contribution is 0.0727. The van der Waals surface area contributed by atoms with Crippen molar-refractivity contribution in [2.75, 3.05) is 6.61 Å². The summed E-state index contributed by atoms with van der Waals surface area (Å²) in [6.07, 6.45) is 10.2. The molecule has 2 aromatic rings. The van der Waals surface area contributed by atoms with Crippen molar-refractivity contribution in [2.45, 2.75) is 64.7 Å². The number of carbonyl (C=O) groups excluding carboxylic acids is 1. The van der Waals surface area contributed by atoms with Crippen LogP contribution >= 0.6 is 0 Å². The average Bonchev–Trinajstić information content (AvgIpc) is 2.85. The van der Waals surface area contributed by atoms with Crippen LogP contribution in [0.1, 0.15) is 80.6 Å². The highest BCUT2D eigenvalue weighted by Gasteiger charge is 2.27. The SMILES string of the molecule is CCCCCCC1CCC(COc2c(F)cc(C(=O)Oc3ccc(C#N)cc3)c(F)c2F)CC1. The molecule has 2 aromatic carbocycles. The number of hydrogen-bond acceptors (Lipinski definition) is 4. The molecule has 0 aromatic heterocycles. The summed E-state index contributed by atoms with van der Waals surface area (Å²) in [5.74, 6) is -5.41. The van der Waals surface area contributed by atoms with Gasteiger partial charge in [-0.25, -0.2) is 13.6 Å². The number of benzene rings is 2. The van der Waals surface area contributed by atoms with Gasteiger partial charge in [-0.2, -0.15) is 9.65 Å². The highest BCUT2D eigenvalue weighted by atomic mass is 19.2. The molecule has 1 saturated carbocycles. The summed E-state index contributed by atoms with van der Waals surface area (Å²) in [4.78, 5) is 12.3. The first-order valence-corrected chi connectivity index (χ1v) is 12.0. The average molecular weight is 474 g/mol. The van der Waals surface area contributed by atoms with Crippen LogP contribution in [0.15, 0.2) is 30.3 Å². The zero-order valence-electron chi connectivity index (χ0n) is 19.4. The summed E-state index contributed by atoms with van der Waals surface area (Å²) >= 11 is 0. The van der Waals surface area contributed by atoms with Crippen LogP contribution in [0, 0.1) is 40.6 Å². The van der Waals surface area contributed by atoms with Gasteiger partial charge < -0.3 is 9.47 Å². The van der Waals surface area contributed by atoms with Gasteiger partial charge in [-0.1, -0.05) is 51.9 Å². The van der Waals surface area contributed by atoms with Crippen LogP contribution in [-0.2, 0) is 0 Å². The van der Waals surface area contributed by atoms with Gasteiger partial charge >= 0.3 is 5.97 Å². The Labute approximate surface area is 198 Å². The summed E-state index contributed by atoms with van der Waals surface area (Å²) in [5.41, 5.74) is -0.527. The summed E-state index contributed by atoms with van der Waals surface area (Å²) in [5, 5.41) is 8.80. The molecule has 0 unspecified atom stereocenters. The molecule has 0 aliphatic heterocycles. The molecular weight excluding hydrogens is 443 g/mol. The van der Waals surface area contributed by atoms with Crippen molar-refractivity contribution in [1.82, 2.24) is 0 Å². The van der Waals surface area contributed by atoms with Gasteiger partial charge in [-0.3, -0.25) is 0 Å². The highest BCUT2D eigenvalue weighted by molar-refractivity contribution is 5.91. The fourth-order valence-electron chi connectivity index (χ4n) is 4.37. The predicted molar refractivity (Wildman–Crippen MR) is 122 cm³/mol. The Bertz CT molecular complexity index is 1010. The molecular formula is C27H30F3NO3. The molecule has 0 heterocycles. The molecule has 0 saturated heterocycles. The van der Waals surface area contributed by atoms with Gasteiger partial charge in [0.15, 0.2) is 17.4 Å². The summed E-state index contributed by atoms with van der Waals surface area (Å²) in [7, 11) is 0. The number of nitrogens with zero attached hydrogens (tertiary/aromatic N) is 1. The van der Waals surface area contributed by atoms with E-state index in [0.717, 1.165) is 25.7 Å². The minimum atomic E-state index is -1.55. The maximum absolute atomic E-state index is 14.6. The molecule has 0 atom stereocenters. The van der Waals surface area contributed by atoms with Crippen molar-refractivity contribution in [3.63, 3.8) is 0 Å². The van der Waals surface area contributed by atoms with Crippen molar-refractivity contribution in [3.05, 3.63) is 58.9 Å². The molecule has 34 heavy (non-hydrogen) atoms. The fraction of sp³-hybridized carbons (Fsp3) is 0.481. The Morgan fingerprint density at radius 3 is 2.32 bits per heavy atom. The second-order valence-corrected chi connectivity index (χ2v) is 8.94. The molecule has 1 aliphatic carbocycles. The molecule has 0 spiro atoms. The van der Waals surface area contributed by atoms with Crippen molar-refractivity contribution >= 4 is 5.97 Å². The maximum atomic E-state index is 14.6. The summed E-state index contributed by atoms with van der Waals surface area (Å²) in [6, 6.07) is 7.96. The molecule has 4 nitrogen and oxygen atoms in total. The number of rotatable bonds is 10. The summed E-state index contributed by atoms with van der Waals surface area (Å²) < 4.78 is 53.9.